The highest BCUT2D eigenvalue weighted by atomic mass is 19.1. The van der Waals surface area contributed by atoms with Crippen LogP contribution in [0, 0.1) is 17.7 Å². The monoisotopic (exact) mass is 489 g/mol. The minimum atomic E-state index is -0.352. The maximum Gasteiger partial charge on any atom is 0.319 e. The minimum Gasteiger partial charge on any atom is -0.338 e. The number of hydrogen-bond donors (Lipinski definition) is 2. The lowest BCUT2D eigenvalue weighted by Crippen LogP contribution is -2.43. The van der Waals surface area contributed by atoms with Crippen LogP contribution >= 0.6 is 0 Å². The highest BCUT2D eigenvalue weighted by Crippen LogP contribution is 2.31. The number of rotatable bonds is 9. The molecule has 7 nitrogen and oxygen atoms in total. The summed E-state index contributed by atoms with van der Waals surface area (Å²) in [4.78, 5) is 27.5. The molecule has 2 N–H and O–H groups in total. The molecule has 0 saturated heterocycles. The number of anilines is 1. The van der Waals surface area contributed by atoms with E-state index in [1.54, 1.807) is 12.1 Å². The van der Waals surface area contributed by atoms with Crippen molar-refractivity contribution in [2.24, 2.45) is 16.9 Å². The molecule has 0 saturated carbocycles. The summed E-state index contributed by atoms with van der Waals surface area (Å²) in [6, 6.07) is 13.3. The van der Waals surface area contributed by atoms with Gasteiger partial charge in [-0.15, -0.1) is 0 Å². The van der Waals surface area contributed by atoms with Gasteiger partial charge in [0.15, 0.2) is 0 Å². The molecule has 1 aliphatic heterocycles. The first-order chi connectivity index (χ1) is 17.4. The van der Waals surface area contributed by atoms with Crippen molar-refractivity contribution in [2.45, 2.75) is 19.4 Å². The molecular weight excluding hydrogens is 457 g/mol. The Labute approximate surface area is 211 Å². The Hall–Kier alpha value is -3.78. The number of amides is 3. The van der Waals surface area contributed by atoms with Crippen molar-refractivity contribution in [2.75, 3.05) is 32.5 Å². The van der Waals surface area contributed by atoms with Gasteiger partial charge in [-0.25, -0.2) is 14.2 Å². The first-order valence-corrected chi connectivity index (χ1v) is 12.2. The number of benzene rings is 2. The normalized spacial score (nSPS) is 18.7. The molecule has 188 valence electrons. The third kappa shape index (κ3) is 6.46. The number of unbranched alkanes of at least 4 members (excludes halogenated alkanes) is 1. The zero-order valence-corrected chi connectivity index (χ0v) is 20.7. The molecule has 0 fully saturated rings. The topological polar surface area (TPSA) is 77.0 Å². The number of fused-ring (bicyclic) bond motifs is 1. The van der Waals surface area contributed by atoms with Crippen LogP contribution in [0.15, 0.2) is 77.9 Å². The largest absolute Gasteiger partial charge is 0.338 e. The summed E-state index contributed by atoms with van der Waals surface area (Å²) >= 11 is 0. The van der Waals surface area contributed by atoms with E-state index in [9.17, 15) is 14.0 Å². The summed E-state index contributed by atoms with van der Waals surface area (Å²) in [7, 11) is 4.06. The first-order valence-electron chi connectivity index (χ1n) is 12.2. The molecule has 2 unspecified atom stereocenters. The average Bonchev–Trinajstić information content (AvgIpc) is 2.87. The number of carbonyl (C=O) groups excluding carboxylic acids is 2. The van der Waals surface area contributed by atoms with Gasteiger partial charge in [0, 0.05) is 18.2 Å². The van der Waals surface area contributed by atoms with E-state index >= 15 is 0 Å². The van der Waals surface area contributed by atoms with E-state index in [4.69, 9.17) is 0 Å². The van der Waals surface area contributed by atoms with E-state index in [0.29, 0.717) is 18.8 Å². The van der Waals surface area contributed by atoms with Gasteiger partial charge in [0.05, 0.1) is 18.2 Å². The summed E-state index contributed by atoms with van der Waals surface area (Å²) in [6.07, 6.45) is 9.59. The summed E-state index contributed by atoms with van der Waals surface area (Å²) in [5.41, 5.74) is 3.08. The molecule has 2 aromatic rings. The van der Waals surface area contributed by atoms with Gasteiger partial charge in [-0.1, -0.05) is 48.6 Å². The summed E-state index contributed by atoms with van der Waals surface area (Å²) in [5.74, 6) is -0.931. The second-order valence-electron chi connectivity index (χ2n) is 9.30. The minimum absolute atomic E-state index is 0.0812. The van der Waals surface area contributed by atoms with Crippen molar-refractivity contribution in [3.8, 4) is 0 Å². The Bertz CT molecular complexity index is 1160. The molecule has 2 aliphatic rings. The van der Waals surface area contributed by atoms with Crippen molar-refractivity contribution in [1.29, 1.82) is 0 Å². The van der Waals surface area contributed by atoms with Crippen molar-refractivity contribution in [1.82, 2.24) is 15.2 Å². The standard InChI is InChI=1S/C28H32FN5O2/c1-33(2)18-6-5-17-30-28(36)31-23-15-9-20(10-16-23)19-34-27(35)25-8-4-3-7-24(25)26(32-34)21-11-13-22(29)14-12-21/h3-4,7-16,24-25H,5-6,17-19H2,1-2H3,(H2,30,31,36). The van der Waals surface area contributed by atoms with E-state index in [0.717, 1.165) is 36.2 Å². The van der Waals surface area contributed by atoms with Crippen LogP contribution in [-0.2, 0) is 11.3 Å². The molecule has 2 aromatic carbocycles. The molecule has 0 radical (unpaired) electrons. The van der Waals surface area contributed by atoms with Gasteiger partial charge in [0.25, 0.3) is 5.91 Å². The lowest BCUT2D eigenvalue weighted by atomic mass is 9.80. The first kappa shape index (κ1) is 25.3. The zero-order valence-electron chi connectivity index (χ0n) is 20.7. The number of urea groups is 1. The number of carbonyl (C=O) groups is 2. The Morgan fingerprint density at radius 3 is 2.39 bits per heavy atom. The molecule has 0 spiro atoms. The van der Waals surface area contributed by atoms with E-state index in [2.05, 4.69) is 20.6 Å². The van der Waals surface area contributed by atoms with Gasteiger partial charge in [0.2, 0.25) is 0 Å². The number of halogens is 1. The van der Waals surface area contributed by atoms with Crippen molar-refractivity contribution in [3.05, 3.63) is 89.8 Å². The molecule has 0 aromatic heterocycles. The Balaban J connectivity index is 1.40. The van der Waals surface area contributed by atoms with Gasteiger partial charge in [0.1, 0.15) is 5.82 Å². The van der Waals surface area contributed by atoms with E-state index in [-0.39, 0.29) is 29.6 Å². The number of allylic oxidation sites excluding steroid dienone is 3. The lowest BCUT2D eigenvalue weighted by Gasteiger charge is -2.34. The van der Waals surface area contributed by atoms with Gasteiger partial charge >= 0.3 is 6.03 Å². The van der Waals surface area contributed by atoms with Crippen LogP contribution in [0.5, 0.6) is 0 Å². The number of hydrogen-bond acceptors (Lipinski definition) is 4. The summed E-state index contributed by atoms with van der Waals surface area (Å²) in [5, 5.41) is 11.9. The molecule has 8 heteroatoms. The fraction of sp³-hybridized carbons (Fsp3) is 0.321. The quantitative estimate of drug-likeness (QED) is 0.513. The molecular formula is C28H32FN5O2. The summed E-state index contributed by atoms with van der Waals surface area (Å²) < 4.78 is 13.5. The number of nitrogens with zero attached hydrogens (tertiary/aromatic N) is 3. The smallest absolute Gasteiger partial charge is 0.319 e. The average molecular weight is 490 g/mol. The van der Waals surface area contributed by atoms with Gasteiger partial charge in [-0.2, -0.15) is 5.10 Å². The Morgan fingerprint density at radius 1 is 1.00 bits per heavy atom. The Morgan fingerprint density at radius 2 is 1.69 bits per heavy atom. The van der Waals surface area contributed by atoms with Crippen LogP contribution in [0.1, 0.15) is 24.0 Å². The van der Waals surface area contributed by atoms with Crippen LogP contribution < -0.4 is 10.6 Å². The molecule has 36 heavy (non-hydrogen) atoms. The molecule has 1 aliphatic carbocycles. The van der Waals surface area contributed by atoms with Gasteiger partial charge < -0.3 is 15.5 Å². The van der Waals surface area contributed by atoms with Crippen molar-refractivity contribution >= 4 is 23.3 Å². The van der Waals surface area contributed by atoms with Crippen molar-refractivity contribution in [3.63, 3.8) is 0 Å². The fourth-order valence-corrected chi connectivity index (χ4v) is 4.30. The predicted molar refractivity (Wildman–Crippen MR) is 140 cm³/mol. The highest BCUT2D eigenvalue weighted by molar-refractivity contribution is 6.08. The molecule has 3 amide bonds. The van der Waals surface area contributed by atoms with Crippen LogP contribution in [0.2, 0.25) is 0 Å². The second-order valence-corrected chi connectivity index (χ2v) is 9.30. The van der Waals surface area contributed by atoms with Crippen molar-refractivity contribution < 1.29 is 14.0 Å². The molecule has 1 heterocycles. The Kier molecular flexibility index (Phi) is 8.28. The second kappa shape index (κ2) is 11.8. The number of hydrazone groups is 1. The molecule has 4 rings (SSSR count). The van der Waals surface area contributed by atoms with Crippen LogP contribution in [0.3, 0.4) is 0 Å². The maximum atomic E-state index is 13.5. The van der Waals surface area contributed by atoms with Crippen LogP contribution in [0.25, 0.3) is 0 Å². The van der Waals surface area contributed by atoms with Gasteiger partial charge in [-0.05, 0) is 68.9 Å². The predicted octanol–water partition coefficient (Wildman–Crippen LogP) is 4.39. The van der Waals surface area contributed by atoms with E-state index in [1.165, 1.54) is 17.1 Å². The molecule has 2 atom stereocenters. The maximum absolute atomic E-state index is 13.5. The third-order valence-electron chi connectivity index (χ3n) is 6.22. The van der Waals surface area contributed by atoms with Crippen LogP contribution in [-0.4, -0.2) is 54.7 Å². The van der Waals surface area contributed by atoms with Gasteiger partial charge in [-0.3, -0.25) is 4.79 Å². The highest BCUT2D eigenvalue weighted by Gasteiger charge is 2.38. The third-order valence-corrected chi connectivity index (χ3v) is 6.22. The number of nitrogens with one attached hydrogen (secondary N) is 2. The summed E-state index contributed by atoms with van der Waals surface area (Å²) in [6.45, 7) is 1.91. The SMILES string of the molecule is CN(C)CCCCNC(=O)Nc1ccc(CN2N=C(c3ccc(F)cc3)C3C=CC=CC3C2=O)cc1. The molecule has 0 bridgehead atoms. The lowest BCUT2D eigenvalue weighted by molar-refractivity contribution is -0.136. The van der Waals surface area contributed by atoms with Crippen LogP contribution in [0.4, 0.5) is 14.9 Å². The fourth-order valence-electron chi connectivity index (χ4n) is 4.30. The van der Waals surface area contributed by atoms with E-state index in [1.807, 2.05) is 62.7 Å². The van der Waals surface area contributed by atoms with E-state index < -0.39 is 0 Å². The zero-order chi connectivity index (χ0) is 25.5.